The summed E-state index contributed by atoms with van der Waals surface area (Å²) in [5.74, 6) is -0.695. The van der Waals surface area contributed by atoms with Crippen molar-refractivity contribution in [3.05, 3.63) is 118 Å². The highest BCUT2D eigenvalue weighted by Crippen LogP contribution is 2.37. The van der Waals surface area contributed by atoms with Gasteiger partial charge in [0.25, 0.3) is 0 Å². The molecule has 9 nitrogen and oxygen atoms in total. The lowest BCUT2D eigenvalue weighted by Crippen LogP contribution is -2.44. The maximum atomic E-state index is 13.2. The van der Waals surface area contributed by atoms with Crippen LogP contribution in [0.4, 0.5) is 8.78 Å². The Morgan fingerprint density at radius 2 is 1.38 bits per heavy atom. The van der Waals surface area contributed by atoms with Crippen molar-refractivity contribution in [2.24, 2.45) is 17.0 Å². The van der Waals surface area contributed by atoms with Crippen LogP contribution in [0.5, 0.6) is 0 Å². The highest BCUT2D eigenvalue weighted by Gasteiger charge is 2.38. The van der Waals surface area contributed by atoms with Gasteiger partial charge in [-0.1, -0.05) is 49.0 Å². The van der Waals surface area contributed by atoms with Gasteiger partial charge in [-0.25, -0.2) is 13.6 Å². The Balaban J connectivity index is 0.000000225. The Labute approximate surface area is 304 Å². The molecule has 0 spiro atoms. The van der Waals surface area contributed by atoms with Crippen LogP contribution in [0, 0.1) is 23.5 Å². The average Bonchev–Trinajstić information content (AvgIpc) is 3.75. The number of H-pyrrole nitrogens is 1. The van der Waals surface area contributed by atoms with Gasteiger partial charge in [0.15, 0.2) is 5.58 Å². The van der Waals surface area contributed by atoms with Gasteiger partial charge in [0.05, 0.1) is 22.4 Å². The second-order valence-corrected chi connectivity index (χ2v) is 14.4. The first kappa shape index (κ1) is 39.1. The lowest BCUT2D eigenvalue weighted by Gasteiger charge is -2.40. The first-order valence-electron chi connectivity index (χ1n) is 17.8. The highest BCUT2D eigenvalue weighted by molar-refractivity contribution is 6.03. The minimum Gasteiger partial charge on any atom is -0.408 e. The largest absolute Gasteiger partial charge is 0.417 e. The lowest BCUT2D eigenvalue weighted by atomic mass is 9.77. The van der Waals surface area contributed by atoms with Crippen LogP contribution in [0.25, 0.3) is 11.1 Å². The zero-order valence-electron chi connectivity index (χ0n) is 29.4. The molecule has 2 fully saturated rings. The van der Waals surface area contributed by atoms with Gasteiger partial charge >= 0.3 is 5.76 Å². The number of rotatable bonds is 9. The smallest absolute Gasteiger partial charge is 0.408 e. The molecule has 3 atom stereocenters. The molecule has 3 aliphatic rings. The van der Waals surface area contributed by atoms with Crippen molar-refractivity contribution >= 4 is 16.8 Å². The summed E-state index contributed by atoms with van der Waals surface area (Å²) in [6, 6.07) is 17.9. The summed E-state index contributed by atoms with van der Waals surface area (Å²) < 4.78 is 31.3. The zero-order valence-corrected chi connectivity index (χ0v) is 29.4. The third-order valence-corrected chi connectivity index (χ3v) is 11.0. The van der Waals surface area contributed by atoms with E-state index < -0.39 is 17.0 Å². The van der Waals surface area contributed by atoms with E-state index in [1.807, 2.05) is 32.1 Å². The van der Waals surface area contributed by atoms with Gasteiger partial charge in [-0.2, -0.15) is 0 Å². The van der Waals surface area contributed by atoms with Crippen LogP contribution in [0.3, 0.4) is 0 Å². The molecule has 52 heavy (non-hydrogen) atoms. The van der Waals surface area contributed by atoms with E-state index in [9.17, 15) is 23.8 Å². The first-order valence-corrected chi connectivity index (χ1v) is 17.8. The number of likely N-dealkylation sites (tertiary alicyclic amines) is 2. The van der Waals surface area contributed by atoms with E-state index >= 15 is 0 Å². The predicted molar refractivity (Wildman–Crippen MR) is 200 cm³/mol. The van der Waals surface area contributed by atoms with Gasteiger partial charge < -0.3 is 19.5 Å². The number of halogens is 2. The summed E-state index contributed by atoms with van der Waals surface area (Å²) in [5, 5.41) is 26.1. The normalized spacial score (nSPS) is 21.2. The number of nitrogens with zero attached hydrogens (tertiary/aromatic N) is 3. The monoisotopic (exact) mass is 718 g/mol. The van der Waals surface area contributed by atoms with E-state index in [0.717, 1.165) is 87.4 Å². The van der Waals surface area contributed by atoms with Crippen LogP contribution in [-0.2, 0) is 16.0 Å². The van der Waals surface area contributed by atoms with Crippen molar-refractivity contribution in [1.82, 2.24) is 14.8 Å². The molecule has 4 heterocycles. The molecule has 3 aromatic carbocycles. The molecule has 3 N–H and O–H groups in total. The molecule has 4 aromatic rings. The lowest BCUT2D eigenvalue weighted by molar-refractivity contribution is -0.0395. The molecule has 0 radical (unpaired) electrons. The van der Waals surface area contributed by atoms with Crippen LogP contribution >= 0.6 is 0 Å². The van der Waals surface area contributed by atoms with Gasteiger partial charge in [-0.15, -0.1) is 6.58 Å². The number of hydrogen-bond acceptors (Lipinski definition) is 8. The number of aromatic amines is 1. The van der Waals surface area contributed by atoms with E-state index in [-0.39, 0.29) is 37.0 Å². The molecule has 280 valence electrons. The topological polar surface area (TPSA) is 115 Å². The molecule has 11 heteroatoms. The van der Waals surface area contributed by atoms with Crippen LogP contribution < -0.4 is 5.76 Å². The maximum absolute atomic E-state index is 13.2. The van der Waals surface area contributed by atoms with E-state index in [4.69, 9.17) is 9.25 Å². The Hall–Kier alpha value is -4.16. The molecular weight excluding hydrogens is 666 g/mol. The van der Waals surface area contributed by atoms with Crippen LogP contribution in [-0.4, -0.2) is 76.1 Å². The number of oxime groups is 1. The fraction of sp³-hybridized carbons (Fsp3) is 0.463. The third-order valence-electron chi connectivity index (χ3n) is 11.0. The number of piperidine rings is 2. The Morgan fingerprint density at radius 3 is 1.90 bits per heavy atom. The van der Waals surface area contributed by atoms with Crippen molar-refractivity contribution in [1.29, 1.82) is 0 Å². The zero-order chi connectivity index (χ0) is 36.2. The number of benzene rings is 3. The summed E-state index contributed by atoms with van der Waals surface area (Å²) >= 11 is 0. The number of aliphatic hydroxyl groups is 2. The number of nitrogens with one attached hydrogen (secondary N) is 1. The van der Waals surface area contributed by atoms with Crippen molar-refractivity contribution in [3.8, 4) is 0 Å². The number of aromatic nitrogens is 1. The summed E-state index contributed by atoms with van der Waals surface area (Å²) in [6.45, 7) is 12.8. The van der Waals surface area contributed by atoms with Gasteiger partial charge in [0, 0.05) is 25.1 Å². The molecule has 3 unspecified atom stereocenters. The molecule has 3 aliphatic heterocycles. The minimum atomic E-state index is -0.980. The Kier molecular flexibility index (Phi) is 12.5. The second-order valence-electron chi connectivity index (χ2n) is 14.4. The maximum Gasteiger partial charge on any atom is 0.417 e. The Morgan fingerprint density at radius 1 is 0.865 bits per heavy atom. The van der Waals surface area contributed by atoms with Gasteiger partial charge in [-0.3, -0.25) is 14.8 Å². The average molecular weight is 719 g/mol. The van der Waals surface area contributed by atoms with Crippen molar-refractivity contribution < 1.29 is 28.2 Å². The van der Waals surface area contributed by atoms with Crippen molar-refractivity contribution in [3.63, 3.8) is 0 Å². The fourth-order valence-electron chi connectivity index (χ4n) is 7.69. The molecule has 0 bridgehead atoms. The van der Waals surface area contributed by atoms with Gasteiger partial charge in [0.2, 0.25) is 0 Å². The van der Waals surface area contributed by atoms with Crippen LogP contribution in [0.1, 0.15) is 70.1 Å². The van der Waals surface area contributed by atoms with E-state index in [2.05, 4.69) is 26.5 Å². The molecule has 0 aliphatic carbocycles. The van der Waals surface area contributed by atoms with E-state index in [1.165, 1.54) is 24.3 Å². The van der Waals surface area contributed by atoms with E-state index in [1.54, 1.807) is 30.3 Å². The standard InChI is InChI=1S/C24H26FN3O4.C16H22FNO.CH4/c1-24(30,16-3-5-18(25)6-4-16)17-8-10-28(11-9-17)14-19-13-21(27-32-19)15-2-7-20-22(12-15)31-23(29)26-20;1-3-10-18-11-8-14(9-12-18)16(2,19)13-4-6-15(17)7-5-13;/h2-7,12,17,19,30H,8-11,13-14H2,1H3,(H,26,29);3-7,14,19H,1,8-12H2,2H3;1H4. The van der Waals surface area contributed by atoms with Crippen LogP contribution in [0.2, 0.25) is 0 Å². The minimum absolute atomic E-state index is 0. The predicted octanol–water partition coefficient (Wildman–Crippen LogP) is 6.94. The Bertz CT molecular complexity index is 1850. The summed E-state index contributed by atoms with van der Waals surface area (Å²) in [7, 11) is 0. The molecule has 7 rings (SSSR count). The van der Waals surface area contributed by atoms with Crippen molar-refractivity contribution in [2.45, 2.75) is 70.7 Å². The molecule has 1 aromatic heterocycles. The molecular formula is C41H52F2N4O5. The third kappa shape index (κ3) is 9.06. The van der Waals surface area contributed by atoms with Gasteiger partial charge in [-0.05, 0) is 125 Å². The second kappa shape index (κ2) is 16.7. The van der Waals surface area contributed by atoms with Crippen LogP contribution in [0.15, 0.2) is 93.8 Å². The fourth-order valence-corrected chi connectivity index (χ4v) is 7.69. The highest BCUT2D eigenvalue weighted by atomic mass is 19.1. The number of fused-ring (bicyclic) bond motifs is 1. The van der Waals surface area contributed by atoms with Gasteiger partial charge in [0.1, 0.15) is 17.7 Å². The first-order chi connectivity index (χ1) is 24.4. The van der Waals surface area contributed by atoms with E-state index in [0.29, 0.717) is 17.5 Å². The summed E-state index contributed by atoms with van der Waals surface area (Å²) in [5.41, 5.74) is 2.59. The van der Waals surface area contributed by atoms with Crippen molar-refractivity contribution in [2.75, 3.05) is 39.3 Å². The SMILES string of the molecule is C.C=CCN1CCC(C(C)(O)c2ccc(F)cc2)CC1.CC(O)(c1ccc(F)cc1)C1CCN(CC2CC(c3ccc4[nH]c(=O)oc4c3)=NO2)CC1. The molecule has 0 amide bonds. The number of hydrogen-bond donors (Lipinski definition) is 3. The molecule has 2 saturated heterocycles. The summed E-state index contributed by atoms with van der Waals surface area (Å²) in [4.78, 5) is 24.3. The summed E-state index contributed by atoms with van der Waals surface area (Å²) in [6.07, 6.45) is 6.19. The quantitative estimate of drug-likeness (QED) is 0.161. The molecule has 0 saturated carbocycles. The number of oxazole rings is 1.